The fourth-order valence-electron chi connectivity index (χ4n) is 3.71. The first-order chi connectivity index (χ1) is 16.4. The Labute approximate surface area is 197 Å². The van der Waals surface area contributed by atoms with Gasteiger partial charge in [0, 0.05) is 11.3 Å². The smallest absolute Gasteiger partial charge is 0.333 e. The number of allylic oxidation sites excluding steroid dienone is 2. The zero-order chi connectivity index (χ0) is 23.9. The SMILES string of the molecule is O=C(C[C@@H](O)C(=O)O)Nc1ccc(-c2nc3ccc(C4(c5ccccc5)C=C4)nc3s2)c(F)c1. The molecule has 4 aromatic rings. The molecule has 0 spiro atoms. The number of nitrogens with one attached hydrogen (secondary N) is 1. The summed E-state index contributed by atoms with van der Waals surface area (Å²) in [5.74, 6) is -2.84. The highest BCUT2D eigenvalue weighted by atomic mass is 32.1. The number of rotatable bonds is 7. The molecule has 34 heavy (non-hydrogen) atoms. The molecule has 1 amide bonds. The first-order valence-corrected chi connectivity index (χ1v) is 11.2. The molecule has 0 radical (unpaired) electrons. The maximum absolute atomic E-state index is 14.8. The van der Waals surface area contributed by atoms with Crippen LogP contribution in [0.1, 0.15) is 17.7 Å². The lowest BCUT2D eigenvalue weighted by Crippen LogP contribution is -2.26. The van der Waals surface area contributed by atoms with E-state index in [-0.39, 0.29) is 16.7 Å². The number of anilines is 1. The molecule has 170 valence electrons. The van der Waals surface area contributed by atoms with Gasteiger partial charge in [-0.15, -0.1) is 0 Å². The molecule has 9 heteroatoms. The molecule has 2 heterocycles. The van der Waals surface area contributed by atoms with E-state index in [4.69, 9.17) is 10.1 Å². The number of hydrogen-bond donors (Lipinski definition) is 3. The third-order valence-electron chi connectivity index (χ3n) is 5.58. The summed E-state index contributed by atoms with van der Waals surface area (Å²) in [6.45, 7) is 0. The van der Waals surface area contributed by atoms with Crippen molar-refractivity contribution in [3.05, 3.63) is 89.9 Å². The van der Waals surface area contributed by atoms with Gasteiger partial charge < -0.3 is 15.5 Å². The average Bonchev–Trinajstić information content (AvgIpc) is 3.52. The van der Waals surface area contributed by atoms with Crippen molar-refractivity contribution >= 4 is 39.2 Å². The minimum atomic E-state index is -1.82. The number of fused-ring (bicyclic) bond motifs is 1. The quantitative estimate of drug-likeness (QED) is 0.347. The normalized spacial score (nSPS) is 14.6. The number of carbonyl (C=O) groups excluding carboxylic acids is 1. The number of carbonyl (C=O) groups is 2. The highest BCUT2D eigenvalue weighted by Crippen LogP contribution is 2.45. The van der Waals surface area contributed by atoms with Crippen LogP contribution < -0.4 is 5.32 Å². The number of aromatic nitrogens is 2. The van der Waals surface area contributed by atoms with Gasteiger partial charge in [0.25, 0.3) is 0 Å². The van der Waals surface area contributed by atoms with E-state index in [1.807, 2.05) is 30.3 Å². The van der Waals surface area contributed by atoms with Gasteiger partial charge in [-0.2, -0.15) is 0 Å². The van der Waals surface area contributed by atoms with E-state index < -0.39 is 30.2 Å². The van der Waals surface area contributed by atoms with Gasteiger partial charge in [0.2, 0.25) is 5.91 Å². The van der Waals surface area contributed by atoms with Crippen LogP contribution in [0.2, 0.25) is 0 Å². The Hall–Kier alpha value is -3.95. The largest absolute Gasteiger partial charge is 0.479 e. The lowest BCUT2D eigenvalue weighted by molar-refractivity contribution is -0.148. The molecular formula is C25H18FN3O4S. The Morgan fingerprint density at radius 1 is 1.06 bits per heavy atom. The Morgan fingerprint density at radius 3 is 2.50 bits per heavy atom. The molecule has 0 unspecified atom stereocenters. The maximum Gasteiger partial charge on any atom is 0.333 e. The van der Waals surface area contributed by atoms with Crippen molar-refractivity contribution in [3.63, 3.8) is 0 Å². The molecule has 2 aromatic carbocycles. The zero-order valence-corrected chi connectivity index (χ0v) is 18.4. The molecular weight excluding hydrogens is 457 g/mol. The number of thiazole rings is 1. The Balaban J connectivity index is 1.38. The van der Waals surface area contributed by atoms with E-state index >= 15 is 0 Å². The molecule has 7 nitrogen and oxygen atoms in total. The molecule has 0 aliphatic heterocycles. The van der Waals surface area contributed by atoms with Gasteiger partial charge in [-0.3, -0.25) is 4.79 Å². The van der Waals surface area contributed by atoms with Crippen molar-refractivity contribution in [3.8, 4) is 10.6 Å². The number of halogens is 1. The molecule has 1 aliphatic carbocycles. The molecule has 1 aliphatic rings. The van der Waals surface area contributed by atoms with E-state index in [0.29, 0.717) is 15.4 Å². The van der Waals surface area contributed by atoms with Crippen molar-refractivity contribution in [2.75, 3.05) is 5.32 Å². The predicted octanol–water partition coefficient (Wildman–Crippen LogP) is 4.13. The van der Waals surface area contributed by atoms with Crippen LogP contribution in [0.3, 0.4) is 0 Å². The summed E-state index contributed by atoms with van der Waals surface area (Å²) in [5, 5.41) is 20.8. The monoisotopic (exact) mass is 475 g/mol. The van der Waals surface area contributed by atoms with E-state index in [2.05, 4.69) is 34.6 Å². The summed E-state index contributed by atoms with van der Waals surface area (Å²) in [4.78, 5) is 32.5. The zero-order valence-electron chi connectivity index (χ0n) is 17.6. The summed E-state index contributed by atoms with van der Waals surface area (Å²) in [6.07, 6.45) is 1.74. The Morgan fingerprint density at radius 2 is 1.82 bits per heavy atom. The van der Waals surface area contributed by atoms with Crippen LogP contribution in [0.4, 0.5) is 10.1 Å². The van der Waals surface area contributed by atoms with E-state index in [0.717, 1.165) is 17.3 Å². The molecule has 2 aromatic heterocycles. The van der Waals surface area contributed by atoms with E-state index in [1.54, 1.807) is 0 Å². The first kappa shape index (κ1) is 21.9. The second kappa shape index (κ2) is 8.44. The molecule has 0 saturated carbocycles. The third-order valence-corrected chi connectivity index (χ3v) is 6.58. The van der Waals surface area contributed by atoms with Crippen molar-refractivity contribution in [1.82, 2.24) is 9.97 Å². The summed E-state index contributed by atoms with van der Waals surface area (Å²) < 4.78 is 14.8. The molecule has 5 rings (SSSR count). The number of carboxylic acid groups (broad SMARTS) is 1. The standard InChI is InChI=1S/C25H18FN3O4S/c26-17-12-15(27-21(31)13-19(30)24(32)33)6-7-16(17)22-28-18-8-9-20(29-23(18)34-22)25(10-11-25)14-4-2-1-3-5-14/h1-12,19,30H,13H2,(H,27,31)(H,32,33)/t19-/m1/s1. The number of benzene rings is 2. The van der Waals surface area contributed by atoms with Gasteiger partial charge in [0.05, 0.1) is 17.5 Å². The minimum Gasteiger partial charge on any atom is -0.479 e. The van der Waals surface area contributed by atoms with Crippen LogP contribution >= 0.6 is 11.3 Å². The fourth-order valence-corrected chi connectivity index (χ4v) is 4.68. The second-order valence-corrected chi connectivity index (χ2v) is 8.89. The van der Waals surface area contributed by atoms with E-state index in [9.17, 15) is 19.1 Å². The van der Waals surface area contributed by atoms with Gasteiger partial charge in [-0.25, -0.2) is 19.2 Å². The van der Waals surface area contributed by atoms with Crippen LogP contribution in [0, 0.1) is 5.82 Å². The topological polar surface area (TPSA) is 112 Å². The number of nitrogens with zero attached hydrogens (tertiary/aromatic N) is 2. The van der Waals surface area contributed by atoms with Crippen LogP contribution in [0.15, 0.2) is 72.8 Å². The van der Waals surface area contributed by atoms with Crippen LogP contribution in [-0.4, -0.2) is 38.2 Å². The second-order valence-electron chi connectivity index (χ2n) is 7.91. The van der Waals surface area contributed by atoms with Gasteiger partial charge in [-0.1, -0.05) is 53.8 Å². The van der Waals surface area contributed by atoms with Crippen LogP contribution in [0.25, 0.3) is 20.9 Å². The maximum atomic E-state index is 14.8. The Kier molecular flexibility index (Phi) is 5.43. The summed E-state index contributed by atoms with van der Waals surface area (Å²) in [5.41, 5.74) is 2.76. The number of aliphatic carboxylic acids is 1. The highest BCUT2D eigenvalue weighted by molar-refractivity contribution is 7.21. The average molecular weight is 476 g/mol. The number of pyridine rings is 1. The van der Waals surface area contributed by atoms with E-state index in [1.165, 1.54) is 23.5 Å². The van der Waals surface area contributed by atoms with Crippen molar-refractivity contribution < 1.29 is 24.2 Å². The van der Waals surface area contributed by atoms with Gasteiger partial charge in [0.1, 0.15) is 21.2 Å². The summed E-state index contributed by atoms with van der Waals surface area (Å²) in [6, 6.07) is 18.0. The van der Waals surface area contributed by atoms with Gasteiger partial charge >= 0.3 is 5.97 Å². The number of aliphatic hydroxyl groups excluding tert-OH is 1. The minimum absolute atomic E-state index is 0.148. The highest BCUT2D eigenvalue weighted by Gasteiger charge is 2.39. The van der Waals surface area contributed by atoms with Crippen molar-refractivity contribution in [1.29, 1.82) is 0 Å². The molecule has 1 atom stereocenters. The van der Waals surface area contributed by atoms with Crippen molar-refractivity contribution in [2.24, 2.45) is 0 Å². The van der Waals surface area contributed by atoms with Gasteiger partial charge in [-0.05, 0) is 35.9 Å². The predicted molar refractivity (Wildman–Crippen MR) is 126 cm³/mol. The number of amides is 1. The lowest BCUT2D eigenvalue weighted by Gasteiger charge is -2.15. The molecule has 3 N–H and O–H groups in total. The lowest BCUT2D eigenvalue weighted by atomic mass is 9.89. The van der Waals surface area contributed by atoms with Crippen molar-refractivity contribution in [2.45, 2.75) is 17.9 Å². The third kappa shape index (κ3) is 4.07. The van der Waals surface area contributed by atoms with Gasteiger partial charge in [0.15, 0.2) is 6.10 Å². The molecule has 0 fully saturated rings. The number of aliphatic hydroxyl groups is 1. The Bertz CT molecular complexity index is 1450. The fraction of sp³-hybridized carbons (Fsp3) is 0.120. The molecule has 0 saturated heterocycles. The summed E-state index contributed by atoms with van der Waals surface area (Å²) >= 11 is 1.27. The molecule has 0 bridgehead atoms. The number of carboxylic acids is 1. The van der Waals surface area contributed by atoms with Crippen LogP contribution in [0.5, 0.6) is 0 Å². The van der Waals surface area contributed by atoms with Crippen LogP contribution in [-0.2, 0) is 15.0 Å². The summed E-state index contributed by atoms with van der Waals surface area (Å²) in [7, 11) is 0. The number of hydrogen-bond acceptors (Lipinski definition) is 6. The first-order valence-electron chi connectivity index (χ1n) is 10.4.